The average Bonchev–Trinajstić information content (AvgIpc) is 2.47. The summed E-state index contributed by atoms with van der Waals surface area (Å²) < 4.78 is 4.62. The van der Waals surface area contributed by atoms with Crippen molar-refractivity contribution < 1.29 is 9.53 Å². The second-order valence-electron chi connectivity index (χ2n) is 4.21. The van der Waals surface area contributed by atoms with Crippen LogP contribution in [0.1, 0.15) is 22.0 Å². The van der Waals surface area contributed by atoms with E-state index >= 15 is 0 Å². The highest BCUT2D eigenvalue weighted by atomic mass is 16.5. The second-order valence-corrected chi connectivity index (χ2v) is 4.21. The van der Waals surface area contributed by atoms with E-state index in [0.29, 0.717) is 18.1 Å². The SMILES string of the molecule is COC(=O)c1nc(C)cc(NCCc2ccccn2)n1. The van der Waals surface area contributed by atoms with Crippen molar-refractivity contribution in [3.63, 3.8) is 0 Å². The Morgan fingerprint density at radius 2 is 2.20 bits per heavy atom. The van der Waals surface area contributed by atoms with Crippen LogP contribution in [0.4, 0.5) is 5.82 Å². The van der Waals surface area contributed by atoms with Crippen LogP contribution < -0.4 is 5.32 Å². The molecular weight excluding hydrogens is 256 g/mol. The Kier molecular flexibility index (Phi) is 4.60. The Morgan fingerprint density at radius 3 is 2.90 bits per heavy atom. The summed E-state index contributed by atoms with van der Waals surface area (Å²) in [6, 6.07) is 7.58. The van der Waals surface area contributed by atoms with E-state index in [0.717, 1.165) is 12.1 Å². The van der Waals surface area contributed by atoms with Gasteiger partial charge in [0, 0.05) is 36.6 Å². The summed E-state index contributed by atoms with van der Waals surface area (Å²) in [6.07, 6.45) is 2.54. The quantitative estimate of drug-likeness (QED) is 0.833. The molecule has 1 N–H and O–H groups in total. The van der Waals surface area contributed by atoms with Gasteiger partial charge in [0.15, 0.2) is 0 Å². The Bertz CT molecular complexity index is 587. The molecule has 0 spiro atoms. The minimum absolute atomic E-state index is 0.0628. The minimum atomic E-state index is -0.540. The number of rotatable bonds is 5. The number of methoxy groups -OCH3 is 1. The van der Waals surface area contributed by atoms with E-state index in [1.54, 1.807) is 19.2 Å². The Morgan fingerprint density at radius 1 is 1.35 bits per heavy atom. The number of hydrogen-bond acceptors (Lipinski definition) is 6. The molecule has 2 rings (SSSR count). The Balaban J connectivity index is 1.99. The van der Waals surface area contributed by atoms with Gasteiger partial charge in [0.05, 0.1) is 7.11 Å². The van der Waals surface area contributed by atoms with Gasteiger partial charge in [-0.3, -0.25) is 4.98 Å². The van der Waals surface area contributed by atoms with Gasteiger partial charge in [-0.1, -0.05) is 6.07 Å². The second kappa shape index (κ2) is 6.60. The number of carbonyl (C=O) groups is 1. The van der Waals surface area contributed by atoms with E-state index in [2.05, 4.69) is 25.0 Å². The summed E-state index contributed by atoms with van der Waals surface area (Å²) in [5.74, 6) is 0.128. The molecule has 2 heterocycles. The van der Waals surface area contributed by atoms with E-state index in [-0.39, 0.29) is 5.82 Å². The van der Waals surface area contributed by atoms with Crippen LogP contribution in [-0.2, 0) is 11.2 Å². The first-order valence-corrected chi connectivity index (χ1v) is 6.27. The molecule has 0 amide bonds. The topological polar surface area (TPSA) is 77.0 Å². The molecule has 2 aromatic rings. The molecule has 0 bridgehead atoms. The van der Waals surface area contributed by atoms with Crippen LogP contribution in [0.3, 0.4) is 0 Å². The molecule has 0 saturated heterocycles. The van der Waals surface area contributed by atoms with Crippen molar-refractivity contribution in [2.45, 2.75) is 13.3 Å². The van der Waals surface area contributed by atoms with E-state index in [4.69, 9.17) is 0 Å². The average molecular weight is 272 g/mol. The first-order valence-electron chi connectivity index (χ1n) is 6.27. The smallest absolute Gasteiger partial charge is 0.376 e. The monoisotopic (exact) mass is 272 g/mol. The van der Waals surface area contributed by atoms with Crippen molar-refractivity contribution in [1.82, 2.24) is 15.0 Å². The van der Waals surface area contributed by atoms with Gasteiger partial charge in [0.1, 0.15) is 5.82 Å². The summed E-state index contributed by atoms with van der Waals surface area (Å²) in [5, 5.41) is 3.15. The third kappa shape index (κ3) is 3.74. The fourth-order valence-electron chi connectivity index (χ4n) is 1.71. The predicted molar refractivity (Wildman–Crippen MR) is 74.5 cm³/mol. The van der Waals surface area contributed by atoms with Crippen LogP contribution in [0.5, 0.6) is 0 Å². The lowest BCUT2D eigenvalue weighted by Gasteiger charge is -2.07. The van der Waals surface area contributed by atoms with Crippen molar-refractivity contribution in [3.05, 3.63) is 47.7 Å². The zero-order valence-electron chi connectivity index (χ0n) is 11.5. The van der Waals surface area contributed by atoms with Crippen LogP contribution in [0.2, 0.25) is 0 Å². The standard InChI is InChI=1S/C14H16N4O2/c1-10-9-12(18-13(17-10)14(19)20-2)16-8-6-11-5-3-4-7-15-11/h3-5,7,9H,6,8H2,1-2H3,(H,16,17,18). The number of esters is 1. The van der Waals surface area contributed by atoms with Crippen LogP contribution in [-0.4, -0.2) is 34.6 Å². The molecule has 0 radical (unpaired) electrons. The van der Waals surface area contributed by atoms with Gasteiger partial charge in [0.2, 0.25) is 5.82 Å². The zero-order chi connectivity index (χ0) is 14.4. The van der Waals surface area contributed by atoms with Gasteiger partial charge in [-0.2, -0.15) is 0 Å². The third-order valence-corrected chi connectivity index (χ3v) is 2.64. The molecular formula is C14H16N4O2. The molecule has 0 aliphatic rings. The van der Waals surface area contributed by atoms with E-state index in [1.165, 1.54) is 7.11 Å². The lowest BCUT2D eigenvalue weighted by molar-refractivity contribution is 0.0586. The Hall–Kier alpha value is -2.50. The number of aryl methyl sites for hydroxylation is 1. The zero-order valence-corrected chi connectivity index (χ0v) is 11.5. The molecule has 0 aromatic carbocycles. The molecule has 20 heavy (non-hydrogen) atoms. The largest absolute Gasteiger partial charge is 0.463 e. The maximum atomic E-state index is 11.4. The van der Waals surface area contributed by atoms with Crippen molar-refractivity contribution in [1.29, 1.82) is 0 Å². The maximum absolute atomic E-state index is 11.4. The minimum Gasteiger partial charge on any atom is -0.463 e. The molecule has 0 aliphatic carbocycles. The van der Waals surface area contributed by atoms with Crippen LogP contribution in [0.15, 0.2) is 30.5 Å². The summed E-state index contributed by atoms with van der Waals surface area (Å²) in [4.78, 5) is 23.8. The fraction of sp³-hybridized carbons (Fsp3) is 0.286. The number of hydrogen-bond donors (Lipinski definition) is 1. The van der Waals surface area contributed by atoms with Crippen LogP contribution >= 0.6 is 0 Å². The number of anilines is 1. The lowest BCUT2D eigenvalue weighted by Crippen LogP contribution is -2.13. The lowest BCUT2D eigenvalue weighted by atomic mass is 10.3. The highest BCUT2D eigenvalue weighted by molar-refractivity contribution is 5.85. The maximum Gasteiger partial charge on any atom is 0.376 e. The van der Waals surface area contributed by atoms with Crippen molar-refractivity contribution in [3.8, 4) is 0 Å². The van der Waals surface area contributed by atoms with Gasteiger partial charge >= 0.3 is 5.97 Å². The van der Waals surface area contributed by atoms with Crippen LogP contribution in [0, 0.1) is 6.92 Å². The summed E-state index contributed by atoms with van der Waals surface area (Å²) in [6.45, 7) is 2.48. The molecule has 0 unspecified atom stereocenters. The number of nitrogens with one attached hydrogen (secondary N) is 1. The molecule has 0 aliphatic heterocycles. The van der Waals surface area contributed by atoms with Crippen molar-refractivity contribution >= 4 is 11.8 Å². The number of ether oxygens (including phenoxy) is 1. The van der Waals surface area contributed by atoms with Crippen LogP contribution in [0.25, 0.3) is 0 Å². The molecule has 6 nitrogen and oxygen atoms in total. The van der Waals surface area contributed by atoms with Crippen molar-refractivity contribution in [2.24, 2.45) is 0 Å². The first kappa shape index (κ1) is 13.9. The number of nitrogens with zero attached hydrogens (tertiary/aromatic N) is 3. The number of aromatic nitrogens is 3. The highest BCUT2D eigenvalue weighted by Gasteiger charge is 2.11. The summed E-state index contributed by atoms with van der Waals surface area (Å²) in [5.41, 5.74) is 1.71. The predicted octanol–water partition coefficient (Wildman–Crippen LogP) is 1.62. The summed E-state index contributed by atoms with van der Waals surface area (Å²) in [7, 11) is 1.31. The molecule has 104 valence electrons. The van der Waals surface area contributed by atoms with Gasteiger partial charge < -0.3 is 10.1 Å². The van der Waals surface area contributed by atoms with E-state index < -0.39 is 5.97 Å². The summed E-state index contributed by atoms with van der Waals surface area (Å²) >= 11 is 0. The highest BCUT2D eigenvalue weighted by Crippen LogP contribution is 2.07. The molecule has 0 fully saturated rings. The normalized spacial score (nSPS) is 10.1. The van der Waals surface area contributed by atoms with Gasteiger partial charge in [-0.25, -0.2) is 14.8 Å². The number of carbonyl (C=O) groups excluding carboxylic acids is 1. The van der Waals surface area contributed by atoms with Crippen molar-refractivity contribution in [2.75, 3.05) is 19.0 Å². The fourth-order valence-corrected chi connectivity index (χ4v) is 1.71. The third-order valence-electron chi connectivity index (χ3n) is 2.64. The van der Waals surface area contributed by atoms with Gasteiger partial charge in [0.25, 0.3) is 0 Å². The number of pyridine rings is 1. The molecule has 0 atom stereocenters. The molecule has 0 saturated carbocycles. The van der Waals surface area contributed by atoms with E-state index in [9.17, 15) is 4.79 Å². The van der Waals surface area contributed by atoms with E-state index in [1.807, 2.05) is 18.2 Å². The molecule has 2 aromatic heterocycles. The molecule has 6 heteroatoms. The Labute approximate surface area is 117 Å². The van der Waals surface area contributed by atoms with Gasteiger partial charge in [-0.05, 0) is 19.1 Å². The van der Waals surface area contributed by atoms with Gasteiger partial charge in [-0.15, -0.1) is 0 Å². The first-order chi connectivity index (χ1) is 9.69.